The van der Waals surface area contributed by atoms with Gasteiger partial charge in [0, 0.05) is 0 Å². The zero-order valence-corrected chi connectivity index (χ0v) is 9.67. The van der Waals surface area contributed by atoms with Crippen LogP contribution in [0.15, 0.2) is 24.3 Å². The third-order valence-corrected chi connectivity index (χ3v) is 2.22. The van der Waals surface area contributed by atoms with E-state index in [-0.39, 0.29) is 0 Å². The van der Waals surface area contributed by atoms with Crippen LogP contribution in [0.1, 0.15) is 58.3 Å². The third kappa shape index (κ3) is 11.5. The number of allylic oxidation sites excluding steroid dienone is 4. The summed E-state index contributed by atoms with van der Waals surface area (Å²) in [5.74, 6) is 0. The lowest BCUT2D eigenvalue weighted by Gasteiger charge is -1.92. The highest BCUT2D eigenvalue weighted by Gasteiger charge is 1.82. The average Bonchev–Trinajstić information content (AvgIpc) is 2.21. The predicted octanol–water partition coefficient (Wildman–Crippen LogP) is 5.07. The first kappa shape index (κ1) is 13.5. The van der Waals surface area contributed by atoms with Crippen LogP contribution in [0, 0.1) is 6.92 Å². The molecule has 0 aromatic heterocycles. The van der Waals surface area contributed by atoms with Gasteiger partial charge in [-0.2, -0.15) is 0 Å². The van der Waals surface area contributed by atoms with Crippen molar-refractivity contribution in [3.8, 4) is 0 Å². The first-order valence-corrected chi connectivity index (χ1v) is 6.01. The zero-order chi connectivity index (χ0) is 10.5. The van der Waals surface area contributed by atoms with Crippen molar-refractivity contribution in [2.24, 2.45) is 0 Å². The minimum absolute atomic E-state index is 0.923. The molecule has 0 aromatic rings. The summed E-state index contributed by atoms with van der Waals surface area (Å²) < 4.78 is 0. The van der Waals surface area contributed by atoms with Gasteiger partial charge in [-0.05, 0) is 45.4 Å². The van der Waals surface area contributed by atoms with Crippen LogP contribution in [0.3, 0.4) is 0 Å². The minimum atomic E-state index is 0.923. The summed E-state index contributed by atoms with van der Waals surface area (Å²) in [5, 5.41) is 0. The number of rotatable bonds is 9. The maximum Gasteiger partial charge on any atom is -0.0348 e. The Balaban J connectivity index is 3.07. The molecule has 0 N–H and O–H groups in total. The first-order valence-electron chi connectivity index (χ1n) is 6.01. The van der Waals surface area contributed by atoms with E-state index in [9.17, 15) is 0 Å². The van der Waals surface area contributed by atoms with Crippen molar-refractivity contribution in [3.05, 3.63) is 31.2 Å². The van der Waals surface area contributed by atoms with E-state index in [0.717, 1.165) is 6.42 Å². The monoisotopic (exact) mass is 193 g/mol. The average molecular weight is 193 g/mol. The molecule has 0 rings (SSSR count). The summed E-state index contributed by atoms with van der Waals surface area (Å²) in [6.45, 7) is 6.01. The lowest BCUT2D eigenvalue weighted by Crippen LogP contribution is -1.72. The Labute approximate surface area is 90.1 Å². The van der Waals surface area contributed by atoms with Crippen LogP contribution >= 0.6 is 0 Å². The lowest BCUT2D eigenvalue weighted by molar-refractivity contribution is 0.727. The van der Waals surface area contributed by atoms with E-state index in [0.29, 0.717) is 0 Å². The first-order chi connectivity index (χ1) is 6.91. The summed E-state index contributed by atoms with van der Waals surface area (Å²) in [6, 6.07) is 0. The SMILES string of the molecule is [CH2]C/C=C/CCC/C=C\CCCCC. The van der Waals surface area contributed by atoms with Gasteiger partial charge >= 0.3 is 0 Å². The highest BCUT2D eigenvalue weighted by atomic mass is 13.9. The van der Waals surface area contributed by atoms with Gasteiger partial charge in [0.15, 0.2) is 0 Å². The molecule has 0 bridgehead atoms. The van der Waals surface area contributed by atoms with Crippen LogP contribution in [-0.4, -0.2) is 0 Å². The Bertz CT molecular complexity index is 142. The van der Waals surface area contributed by atoms with Crippen LogP contribution in [0.5, 0.6) is 0 Å². The van der Waals surface area contributed by atoms with E-state index in [2.05, 4.69) is 38.2 Å². The van der Waals surface area contributed by atoms with Gasteiger partial charge in [0.25, 0.3) is 0 Å². The molecule has 14 heavy (non-hydrogen) atoms. The van der Waals surface area contributed by atoms with Crippen LogP contribution in [0.2, 0.25) is 0 Å². The molecule has 0 saturated heterocycles. The molecule has 0 unspecified atom stereocenters. The molecule has 0 atom stereocenters. The molecule has 0 heteroatoms. The molecule has 0 aliphatic carbocycles. The van der Waals surface area contributed by atoms with Crippen LogP contribution < -0.4 is 0 Å². The van der Waals surface area contributed by atoms with Gasteiger partial charge in [0.2, 0.25) is 0 Å². The minimum Gasteiger partial charge on any atom is -0.0885 e. The maximum atomic E-state index is 3.76. The predicted molar refractivity (Wildman–Crippen MR) is 66.2 cm³/mol. The number of unbranched alkanes of at least 4 members (excludes halogenated alkanes) is 5. The van der Waals surface area contributed by atoms with Gasteiger partial charge in [0.05, 0.1) is 0 Å². The fourth-order valence-corrected chi connectivity index (χ4v) is 1.34. The van der Waals surface area contributed by atoms with Gasteiger partial charge in [-0.1, -0.05) is 44.1 Å². The van der Waals surface area contributed by atoms with E-state index in [1.54, 1.807) is 0 Å². The van der Waals surface area contributed by atoms with Gasteiger partial charge in [-0.3, -0.25) is 0 Å². The Kier molecular flexibility index (Phi) is 12.0. The van der Waals surface area contributed by atoms with Crippen molar-refractivity contribution < 1.29 is 0 Å². The Morgan fingerprint density at radius 2 is 1.36 bits per heavy atom. The van der Waals surface area contributed by atoms with E-state index >= 15 is 0 Å². The fourth-order valence-electron chi connectivity index (χ4n) is 1.34. The molecule has 81 valence electrons. The summed E-state index contributed by atoms with van der Waals surface area (Å²) in [7, 11) is 0. The largest absolute Gasteiger partial charge is 0.0885 e. The van der Waals surface area contributed by atoms with Gasteiger partial charge in [-0.15, -0.1) is 0 Å². The molecule has 0 aliphatic heterocycles. The molecule has 0 aromatic carbocycles. The molecule has 0 aliphatic rings. The zero-order valence-electron chi connectivity index (χ0n) is 9.67. The second-order valence-electron chi connectivity index (χ2n) is 3.66. The molecule has 0 fully saturated rings. The molecule has 1 radical (unpaired) electrons. The van der Waals surface area contributed by atoms with Crippen molar-refractivity contribution in [1.82, 2.24) is 0 Å². The van der Waals surface area contributed by atoms with Crippen molar-refractivity contribution in [1.29, 1.82) is 0 Å². The Hall–Kier alpha value is -0.520. The van der Waals surface area contributed by atoms with E-state index < -0.39 is 0 Å². The highest BCUT2D eigenvalue weighted by molar-refractivity contribution is 4.85. The van der Waals surface area contributed by atoms with Crippen LogP contribution in [0.4, 0.5) is 0 Å². The van der Waals surface area contributed by atoms with Gasteiger partial charge < -0.3 is 0 Å². The summed E-state index contributed by atoms with van der Waals surface area (Å²) in [6.07, 6.45) is 19.0. The summed E-state index contributed by atoms with van der Waals surface area (Å²) in [4.78, 5) is 0. The van der Waals surface area contributed by atoms with Gasteiger partial charge in [-0.25, -0.2) is 0 Å². The second kappa shape index (κ2) is 12.5. The topological polar surface area (TPSA) is 0 Å². The fraction of sp³-hybridized carbons (Fsp3) is 0.643. The summed E-state index contributed by atoms with van der Waals surface area (Å²) >= 11 is 0. The standard InChI is InChI=1S/C14H25/c1-3-5-7-9-11-13-14-12-10-8-6-4-2/h5,7,12,14H,1,3-4,6,8-11,13H2,2H3/b7-5+,14-12-. The van der Waals surface area contributed by atoms with Crippen LogP contribution in [-0.2, 0) is 0 Å². The normalized spacial score (nSPS) is 11.9. The molecule has 0 amide bonds. The summed E-state index contributed by atoms with van der Waals surface area (Å²) in [5.41, 5.74) is 0. The van der Waals surface area contributed by atoms with Crippen LogP contribution in [0.25, 0.3) is 0 Å². The van der Waals surface area contributed by atoms with E-state index in [1.165, 1.54) is 44.9 Å². The second-order valence-corrected chi connectivity index (χ2v) is 3.66. The van der Waals surface area contributed by atoms with Gasteiger partial charge in [0.1, 0.15) is 0 Å². The quantitative estimate of drug-likeness (QED) is 0.354. The number of hydrogen-bond donors (Lipinski definition) is 0. The molecule has 0 nitrogen and oxygen atoms in total. The molecular weight excluding hydrogens is 168 g/mol. The molecule has 0 saturated carbocycles. The maximum absolute atomic E-state index is 3.76. The molecule has 0 spiro atoms. The Morgan fingerprint density at radius 3 is 1.93 bits per heavy atom. The Morgan fingerprint density at radius 1 is 0.786 bits per heavy atom. The van der Waals surface area contributed by atoms with Crippen molar-refractivity contribution in [2.45, 2.75) is 58.3 Å². The number of hydrogen-bond acceptors (Lipinski definition) is 0. The molecule has 0 heterocycles. The third-order valence-electron chi connectivity index (χ3n) is 2.22. The van der Waals surface area contributed by atoms with Crippen molar-refractivity contribution in [3.63, 3.8) is 0 Å². The van der Waals surface area contributed by atoms with Crippen molar-refractivity contribution >= 4 is 0 Å². The molecular formula is C14H25. The highest BCUT2D eigenvalue weighted by Crippen LogP contribution is 2.02. The van der Waals surface area contributed by atoms with E-state index in [4.69, 9.17) is 0 Å². The lowest BCUT2D eigenvalue weighted by atomic mass is 10.1. The smallest absolute Gasteiger partial charge is 0.0348 e. The van der Waals surface area contributed by atoms with Crippen molar-refractivity contribution in [2.75, 3.05) is 0 Å². The van der Waals surface area contributed by atoms with E-state index in [1.807, 2.05) is 0 Å².